The van der Waals surface area contributed by atoms with Gasteiger partial charge in [0, 0.05) is 37.3 Å². The van der Waals surface area contributed by atoms with Gasteiger partial charge in [0.2, 0.25) is 5.91 Å². The highest BCUT2D eigenvalue weighted by molar-refractivity contribution is 5.92. The summed E-state index contributed by atoms with van der Waals surface area (Å²) in [6, 6.07) is 9.19. The van der Waals surface area contributed by atoms with Gasteiger partial charge < -0.3 is 10.4 Å². The van der Waals surface area contributed by atoms with Crippen LogP contribution in [0.25, 0.3) is 0 Å². The lowest BCUT2D eigenvalue weighted by Crippen LogP contribution is -2.15. The number of hydrogen-bond donors (Lipinski definition) is 2. The third kappa shape index (κ3) is 4.79. The predicted octanol–water partition coefficient (Wildman–Crippen LogP) is 1.65. The number of aliphatic hydroxyl groups excluding tert-OH is 1. The maximum Gasteiger partial charge on any atom is 0.226 e. The number of hydrogen-bond acceptors (Lipinski definition) is 3. The molecule has 0 spiro atoms. The van der Waals surface area contributed by atoms with Gasteiger partial charge in [-0.15, -0.1) is 0 Å². The summed E-state index contributed by atoms with van der Waals surface area (Å²) in [4.78, 5) is 11.9. The molecule has 108 valence electrons. The van der Waals surface area contributed by atoms with Gasteiger partial charge in [-0.25, -0.2) is 0 Å². The van der Waals surface area contributed by atoms with Gasteiger partial charge in [0.15, 0.2) is 0 Å². The number of benzene rings is 1. The van der Waals surface area contributed by atoms with Crippen LogP contribution in [0.2, 0.25) is 0 Å². The fourth-order valence-electron chi connectivity index (χ4n) is 1.78. The van der Waals surface area contributed by atoms with Crippen LogP contribution in [0.15, 0.2) is 42.7 Å². The van der Waals surface area contributed by atoms with Gasteiger partial charge in [0.05, 0.1) is 12.3 Å². The number of amides is 1. The average molecular weight is 283 g/mol. The lowest BCUT2D eigenvalue weighted by atomic mass is 10.1. The van der Waals surface area contributed by atoms with Gasteiger partial charge >= 0.3 is 0 Å². The molecule has 0 aliphatic carbocycles. The van der Waals surface area contributed by atoms with E-state index in [2.05, 4.69) is 22.3 Å². The molecule has 0 aliphatic rings. The summed E-state index contributed by atoms with van der Waals surface area (Å²) in [6.45, 7) is 0.572. The zero-order valence-corrected chi connectivity index (χ0v) is 11.6. The second-order valence-electron chi connectivity index (χ2n) is 4.39. The van der Waals surface area contributed by atoms with E-state index < -0.39 is 0 Å². The maximum atomic E-state index is 11.9. The zero-order valence-electron chi connectivity index (χ0n) is 11.6. The van der Waals surface area contributed by atoms with Crippen molar-refractivity contribution in [3.8, 4) is 11.8 Å². The summed E-state index contributed by atoms with van der Waals surface area (Å²) in [5, 5.41) is 15.6. The van der Waals surface area contributed by atoms with Crippen LogP contribution in [0.4, 0.5) is 5.69 Å². The van der Waals surface area contributed by atoms with Crippen LogP contribution in [-0.2, 0) is 11.3 Å². The molecular formula is C16H17N3O2. The Morgan fingerprint density at radius 2 is 2.19 bits per heavy atom. The quantitative estimate of drug-likeness (QED) is 0.820. The van der Waals surface area contributed by atoms with E-state index in [0.29, 0.717) is 25.1 Å². The third-order valence-corrected chi connectivity index (χ3v) is 2.79. The van der Waals surface area contributed by atoms with Crippen molar-refractivity contribution in [2.24, 2.45) is 0 Å². The second kappa shape index (κ2) is 7.88. The molecule has 2 aromatic rings. The standard InChI is InChI=1S/C16H17N3O2/c20-13-4-3-7-14-6-1-2-8-15(14)18-16(21)9-12-19-11-5-10-17-19/h1-2,5-6,8,10-11,20H,4,9,12-13H2,(H,18,21). The number of rotatable bonds is 5. The van der Waals surface area contributed by atoms with E-state index >= 15 is 0 Å². The summed E-state index contributed by atoms with van der Waals surface area (Å²) in [7, 11) is 0. The van der Waals surface area contributed by atoms with Crippen LogP contribution in [-0.4, -0.2) is 27.4 Å². The number of anilines is 1. The van der Waals surface area contributed by atoms with E-state index in [1.165, 1.54) is 0 Å². The fraction of sp³-hybridized carbons (Fsp3) is 0.250. The summed E-state index contributed by atoms with van der Waals surface area (Å²) in [6.07, 6.45) is 4.27. The molecule has 0 fully saturated rings. The van der Waals surface area contributed by atoms with Crippen LogP contribution >= 0.6 is 0 Å². The highest BCUT2D eigenvalue weighted by atomic mass is 16.2. The number of carbonyl (C=O) groups is 1. The number of nitrogens with zero attached hydrogens (tertiary/aromatic N) is 2. The van der Waals surface area contributed by atoms with E-state index in [0.717, 1.165) is 5.56 Å². The van der Waals surface area contributed by atoms with Crippen molar-refractivity contribution in [3.05, 3.63) is 48.3 Å². The summed E-state index contributed by atoms with van der Waals surface area (Å²) in [5.74, 6) is 5.72. The van der Waals surface area contributed by atoms with E-state index in [-0.39, 0.29) is 12.5 Å². The van der Waals surface area contributed by atoms with Gasteiger partial charge in [0.25, 0.3) is 0 Å². The number of para-hydroxylation sites is 1. The van der Waals surface area contributed by atoms with E-state index in [1.807, 2.05) is 36.5 Å². The molecule has 2 N–H and O–H groups in total. The third-order valence-electron chi connectivity index (χ3n) is 2.79. The minimum absolute atomic E-state index is 0.0331. The van der Waals surface area contributed by atoms with Gasteiger partial charge in [-0.05, 0) is 18.2 Å². The first-order valence-corrected chi connectivity index (χ1v) is 6.75. The normalized spacial score (nSPS) is 9.76. The van der Waals surface area contributed by atoms with Crippen molar-refractivity contribution in [2.45, 2.75) is 19.4 Å². The summed E-state index contributed by atoms with van der Waals surface area (Å²) < 4.78 is 1.71. The first-order chi connectivity index (χ1) is 10.3. The molecule has 0 aliphatic heterocycles. The minimum atomic E-state index is -0.0816. The highest BCUT2D eigenvalue weighted by Crippen LogP contribution is 2.14. The second-order valence-corrected chi connectivity index (χ2v) is 4.39. The molecule has 2 rings (SSSR count). The van der Waals surface area contributed by atoms with Crippen molar-refractivity contribution in [2.75, 3.05) is 11.9 Å². The van der Waals surface area contributed by atoms with Crippen molar-refractivity contribution in [1.29, 1.82) is 0 Å². The van der Waals surface area contributed by atoms with E-state index in [9.17, 15) is 4.79 Å². The monoisotopic (exact) mass is 283 g/mol. The van der Waals surface area contributed by atoms with E-state index in [4.69, 9.17) is 5.11 Å². The van der Waals surface area contributed by atoms with Crippen LogP contribution in [0.3, 0.4) is 0 Å². The molecule has 0 saturated heterocycles. The largest absolute Gasteiger partial charge is 0.395 e. The molecule has 5 nitrogen and oxygen atoms in total. The molecule has 0 unspecified atom stereocenters. The molecular weight excluding hydrogens is 266 g/mol. The summed E-state index contributed by atoms with van der Waals surface area (Å²) >= 11 is 0. The molecule has 0 atom stereocenters. The zero-order chi connectivity index (χ0) is 14.9. The van der Waals surface area contributed by atoms with E-state index in [1.54, 1.807) is 10.9 Å². The topological polar surface area (TPSA) is 67.2 Å². The summed E-state index contributed by atoms with van der Waals surface area (Å²) in [5.41, 5.74) is 1.44. The first-order valence-electron chi connectivity index (χ1n) is 6.75. The Bertz CT molecular complexity index is 639. The molecule has 0 bridgehead atoms. The molecule has 0 saturated carbocycles. The van der Waals surface area contributed by atoms with Gasteiger partial charge in [-0.2, -0.15) is 5.10 Å². The van der Waals surface area contributed by atoms with Crippen LogP contribution in [0.1, 0.15) is 18.4 Å². The Morgan fingerprint density at radius 3 is 2.95 bits per heavy atom. The first kappa shape index (κ1) is 14.8. The molecule has 1 aromatic carbocycles. The Balaban J connectivity index is 1.95. The SMILES string of the molecule is O=C(CCn1cccn1)Nc1ccccc1C#CCCO. The number of aryl methyl sites for hydroxylation is 1. The lowest BCUT2D eigenvalue weighted by molar-refractivity contribution is -0.116. The number of carbonyl (C=O) groups excluding carboxylic acids is 1. The van der Waals surface area contributed by atoms with Crippen molar-refractivity contribution < 1.29 is 9.90 Å². The minimum Gasteiger partial charge on any atom is -0.395 e. The van der Waals surface area contributed by atoms with Crippen LogP contribution < -0.4 is 5.32 Å². The maximum absolute atomic E-state index is 11.9. The van der Waals surface area contributed by atoms with Crippen LogP contribution in [0.5, 0.6) is 0 Å². The van der Waals surface area contributed by atoms with Gasteiger partial charge in [0.1, 0.15) is 0 Å². The number of aliphatic hydroxyl groups is 1. The smallest absolute Gasteiger partial charge is 0.226 e. The fourth-order valence-corrected chi connectivity index (χ4v) is 1.78. The van der Waals surface area contributed by atoms with Crippen molar-refractivity contribution in [1.82, 2.24) is 9.78 Å². The van der Waals surface area contributed by atoms with Crippen molar-refractivity contribution in [3.63, 3.8) is 0 Å². The molecule has 0 radical (unpaired) electrons. The molecule has 5 heteroatoms. The lowest BCUT2D eigenvalue weighted by Gasteiger charge is -2.07. The molecule has 1 heterocycles. The van der Waals surface area contributed by atoms with Crippen LogP contribution in [0, 0.1) is 11.8 Å². The van der Waals surface area contributed by atoms with Gasteiger partial charge in [-0.1, -0.05) is 24.0 Å². The Hall–Kier alpha value is -2.58. The number of aromatic nitrogens is 2. The molecule has 21 heavy (non-hydrogen) atoms. The highest BCUT2D eigenvalue weighted by Gasteiger charge is 2.05. The van der Waals surface area contributed by atoms with Crippen molar-refractivity contribution >= 4 is 11.6 Å². The Morgan fingerprint density at radius 1 is 1.33 bits per heavy atom. The Labute approximate surface area is 123 Å². The number of nitrogens with one attached hydrogen (secondary N) is 1. The Kier molecular flexibility index (Phi) is 5.56. The van der Waals surface area contributed by atoms with Gasteiger partial charge in [-0.3, -0.25) is 9.48 Å². The molecule has 1 aromatic heterocycles. The molecule has 1 amide bonds. The predicted molar refractivity (Wildman–Crippen MR) is 80.5 cm³/mol. The average Bonchev–Trinajstić information content (AvgIpc) is 3.00.